The standard InChI is InChI=1S/C11H12N4O2/c12-8-3-1-7(2-4-8)5-10(16)13-9-6-11(17)15-14-9/h1-4,6H,5,12H2,(H3,13,14,15,16,17). The van der Waals surface area contributed by atoms with Crippen LogP contribution in [0.15, 0.2) is 30.3 Å². The second kappa shape index (κ2) is 4.56. The Morgan fingerprint density at radius 1 is 1.41 bits per heavy atom. The van der Waals surface area contributed by atoms with Gasteiger partial charge >= 0.3 is 0 Å². The number of aromatic hydroxyl groups is 1. The third-order valence-electron chi connectivity index (χ3n) is 2.18. The Morgan fingerprint density at radius 2 is 2.12 bits per heavy atom. The van der Waals surface area contributed by atoms with E-state index in [1.165, 1.54) is 6.07 Å². The molecule has 0 aliphatic carbocycles. The van der Waals surface area contributed by atoms with Crippen molar-refractivity contribution in [3.8, 4) is 5.88 Å². The van der Waals surface area contributed by atoms with E-state index in [0.29, 0.717) is 11.5 Å². The van der Waals surface area contributed by atoms with Crippen LogP contribution in [0.2, 0.25) is 0 Å². The summed E-state index contributed by atoms with van der Waals surface area (Å²) in [5.74, 6) is -0.00278. The molecule has 1 aromatic heterocycles. The molecule has 6 nitrogen and oxygen atoms in total. The number of amides is 1. The van der Waals surface area contributed by atoms with E-state index < -0.39 is 0 Å². The molecule has 0 spiro atoms. The zero-order valence-corrected chi connectivity index (χ0v) is 8.97. The lowest BCUT2D eigenvalue weighted by atomic mass is 10.1. The first kappa shape index (κ1) is 11.0. The van der Waals surface area contributed by atoms with Gasteiger partial charge in [-0.3, -0.25) is 4.79 Å². The first-order valence-corrected chi connectivity index (χ1v) is 5.02. The van der Waals surface area contributed by atoms with Gasteiger partial charge in [-0.1, -0.05) is 12.1 Å². The first-order valence-electron chi connectivity index (χ1n) is 5.02. The average Bonchev–Trinajstić information content (AvgIpc) is 2.67. The molecule has 0 atom stereocenters. The van der Waals surface area contributed by atoms with Crippen molar-refractivity contribution in [1.82, 2.24) is 10.2 Å². The molecule has 0 bridgehead atoms. The quantitative estimate of drug-likeness (QED) is 0.589. The second-order valence-electron chi connectivity index (χ2n) is 3.60. The fraction of sp³-hybridized carbons (Fsp3) is 0.0909. The van der Waals surface area contributed by atoms with Gasteiger partial charge in [0.25, 0.3) is 0 Å². The monoisotopic (exact) mass is 232 g/mol. The highest BCUT2D eigenvalue weighted by Gasteiger charge is 2.06. The molecule has 1 amide bonds. The van der Waals surface area contributed by atoms with Crippen LogP contribution in [0.3, 0.4) is 0 Å². The molecule has 0 unspecified atom stereocenters. The third kappa shape index (κ3) is 2.97. The average molecular weight is 232 g/mol. The predicted octanol–water partition coefficient (Wildman–Crippen LogP) is 0.879. The second-order valence-corrected chi connectivity index (χ2v) is 3.60. The Morgan fingerprint density at radius 3 is 2.71 bits per heavy atom. The lowest BCUT2D eigenvalue weighted by Gasteiger charge is -2.02. The highest BCUT2D eigenvalue weighted by molar-refractivity contribution is 5.91. The smallest absolute Gasteiger partial charge is 0.229 e. The van der Waals surface area contributed by atoms with Crippen LogP contribution < -0.4 is 11.1 Å². The van der Waals surface area contributed by atoms with E-state index in [1.807, 2.05) is 0 Å². The molecule has 1 aromatic carbocycles. The van der Waals surface area contributed by atoms with Crippen molar-refractivity contribution in [3.05, 3.63) is 35.9 Å². The van der Waals surface area contributed by atoms with Gasteiger partial charge in [0.1, 0.15) is 0 Å². The summed E-state index contributed by atoms with van der Waals surface area (Å²) in [6.07, 6.45) is 0.230. The molecule has 17 heavy (non-hydrogen) atoms. The van der Waals surface area contributed by atoms with Crippen molar-refractivity contribution in [3.63, 3.8) is 0 Å². The molecule has 6 heteroatoms. The largest absolute Gasteiger partial charge is 0.494 e. The third-order valence-corrected chi connectivity index (χ3v) is 2.18. The lowest BCUT2D eigenvalue weighted by molar-refractivity contribution is -0.115. The number of anilines is 2. The Bertz CT molecular complexity index is 519. The van der Waals surface area contributed by atoms with Gasteiger partial charge in [-0.15, -0.1) is 0 Å². The topological polar surface area (TPSA) is 104 Å². The molecular weight excluding hydrogens is 220 g/mol. The molecule has 0 radical (unpaired) electrons. The number of H-pyrrole nitrogens is 1. The molecule has 0 aliphatic rings. The van der Waals surface area contributed by atoms with E-state index >= 15 is 0 Å². The van der Waals surface area contributed by atoms with Crippen molar-refractivity contribution in [1.29, 1.82) is 0 Å². The number of benzene rings is 1. The predicted molar refractivity (Wildman–Crippen MR) is 63.4 cm³/mol. The molecule has 0 aliphatic heterocycles. The van der Waals surface area contributed by atoms with Crippen molar-refractivity contribution >= 4 is 17.4 Å². The molecule has 0 saturated heterocycles. The lowest BCUT2D eigenvalue weighted by Crippen LogP contribution is -2.14. The Hall–Kier alpha value is -2.50. The maximum atomic E-state index is 11.6. The van der Waals surface area contributed by atoms with Crippen LogP contribution >= 0.6 is 0 Å². The first-order chi connectivity index (χ1) is 8.13. The van der Waals surface area contributed by atoms with Crippen LogP contribution in [0.4, 0.5) is 11.5 Å². The number of hydrogen-bond acceptors (Lipinski definition) is 4. The number of aromatic nitrogens is 2. The van der Waals surface area contributed by atoms with Crippen LogP contribution in [0.1, 0.15) is 5.56 Å². The zero-order valence-electron chi connectivity index (χ0n) is 8.97. The minimum Gasteiger partial charge on any atom is -0.494 e. The molecular formula is C11H12N4O2. The summed E-state index contributed by atoms with van der Waals surface area (Å²) >= 11 is 0. The summed E-state index contributed by atoms with van der Waals surface area (Å²) in [6, 6.07) is 8.39. The van der Waals surface area contributed by atoms with Gasteiger partial charge in [0.2, 0.25) is 11.8 Å². The van der Waals surface area contributed by atoms with E-state index in [4.69, 9.17) is 10.8 Å². The molecule has 88 valence electrons. The number of nitrogens with zero attached hydrogens (tertiary/aromatic N) is 1. The number of aromatic amines is 1. The number of carbonyl (C=O) groups excluding carboxylic acids is 1. The Balaban J connectivity index is 1.95. The number of nitrogen functional groups attached to an aromatic ring is 1. The SMILES string of the molecule is Nc1ccc(CC(=O)Nc2cc(O)[nH]n2)cc1. The van der Waals surface area contributed by atoms with Crippen molar-refractivity contribution in [2.45, 2.75) is 6.42 Å². The fourth-order valence-corrected chi connectivity index (χ4v) is 1.38. The van der Waals surface area contributed by atoms with Gasteiger partial charge in [0.15, 0.2) is 5.82 Å². The summed E-state index contributed by atoms with van der Waals surface area (Å²) in [7, 11) is 0. The van der Waals surface area contributed by atoms with Gasteiger partial charge in [0, 0.05) is 11.8 Å². The number of nitrogens with two attached hydrogens (primary N) is 1. The van der Waals surface area contributed by atoms with E-state index in [1.54, 1.807) is 24.3 Å². The summed E-state index contributed by atoms with van der Waals surface area (Å²) in [4.78, 5) is 11.6. The van der Waals surface area contributed by atoms with E-state index in [0.717, 1.165) is 5.56 Å². The van der Waals surface area contributed by atoms with E-state index in [-0.39, 0.29) is 18.2 Å². The summed E-state index contributed by atoms with van der Waals surface area (Å²) in [6.45, 7) is 0. The number of hydrogen-bond donors (Lipinski definition) is 4. The molecule has 5 N–H and O–H groups in total. The van der Waals surface area contributed by atoms with Crippen molar-refractivity contribution < 1.29 is 9.90 Å². The number of nitrogens with one attached hydrogen (secondary N) is 2. The minimum atomic E-state index is -0.207. The minimum absolute atomic E-state index is 0.0900. The van der Waals surface area contributed by atoms with Gasteiger partial charge in [-0.25, -0.2) is 5.10 Å². The fourth-order valence-electron chi connectivity index (χ4n) is 1.38. The van der Waals surface area contributed by atoms with Crippen LogP contribution in [0.25, 0.3) is 0 Å². The summed E-state index contributed by atoms with van der Waals surface area (Å²) in [5.41, 5.74) is 7.06. The summed E-state index contributed by atoms with van der Waals surface area (Å²) in [5, 5.41) is 17.6. The maximum absolute atomic E-state index is 11.6. The van der Waals surface area contributed by atoms with Crippen LogP contribution in [-0.2, 0) is 11.2 Å². The van der Waals surface area contributed by atoms with Gasteiger partial charge in [0.05, 0.1) is 6.42 Å². The normalized spacial score (nSPS) is 10.1. The van der Waals surface area contributed by atoms with E-state index in [9.17, 15) is 4.79 Å². The molecule has 0 saturated carbocycles. The van der Waals surface area contributed by atoms with Gasteiger partial charge < -0.3 is 16.2 Å². The van der Waals surface area contributed by atoms with Gasteiger partial charge in [-0.05, 0) is 17.7 Å². The highest BCUT2D eigenvalue weighted by atomic mass is 16.3. The zero-order chi connectivity index (χ0) is 12.3. The maximum Gasteiger partial charge on any atom is 0.229 e. The van der Waals surface area contributed by atoms with Crippen LogP contribution in [0.5, 0.6) is 5.88 Å². The van der Waals surface area contributed by atoms with Crippen molar-refractivity contribution in [2.75, 3.05) is 11.1 Å². The molecule has 1 heterocycles. The van der Waals surface area contributed by atoms with Crippen molar-refractivity contribution in [2.24, 2.45) is 0 Å². The number of carbonyl (C=O) groups is 1. The number of rotatable bonds is 3. The summed E-state index contributed by atoms with van der Waals surface area (Å²) < 4.78 is 0. The van der Waals surface area contributed by atoms with Gasteiger partial charge in [-0.2, -0.15) is 5.10 Å². The highest BCUT2D eigenvalue weighted by Crippen LogP contribution is 2.11. The molecule has 2 rings (SSSR count). The molecule has 0 fully saturated rings. The van der Waals surface area contributed by atoms with Crippen LogP contribution in [-0.4, -0.2) is 21.2 Å². The Labute approximate surface area is 97.5 Å². The van der Waals surface area contributed by atoms with E-state index in [2.05, 4.69) is 15.5 Å². The molecule has 2 aromatic rings. The Kier molecular flexibility index (Phi) is 2.95. The van der Waals surface area contributed by atoms with Crippen LogP contribution in [0, 0.1) is 0 Å².